The van der Waals surface area contributed by atoms with Crippen molar-refractivity contribution in [2.75, 3.05) is 25.3 Å². The monoisotopic (exact) mass is 335 g/mol. The summed E-state index contributed by atoms with van der Waals surface area (Å²) in [6.07, 6.45) is 0. The minimum absolute atomic E-state index is 0.154. The third kappa shape index (κ3) is 4.89. The number of carbonyl (C=O) groups excluding carboxylic acids is 1. The van der Waals surface area contributed by atoms with Crippen LogP contribution >= 0.6 is 11.8 Å². The van der Waals surface area contributed by atoms with Gasteiger partial charge in [0, 0.05) is 17.5 Å². The lowest BCUT2D eigenvalue weighted by atomic mass is 10.2. The number of methoxy groups -OCH3 is 2. The highest BCUT2D eigenvalue weighted by molar-refractivity contribution is 7.99. The molecule has 2 aromatic carbocycles. The molecule has 0 aliphatic heterocycles. The van der Waals surface area contributed by atoms with E-state index in [-0.39, 0.29) is 17.5 Å². The Balaban J connectivity index is 1.86. The summed E-state index contributed by atoms with van der Waals surface area (Å²) in [5, 5.41) is 2.78. The Morgan fingerprint density at radius 3 is 2.57 bits per heavy atom. The molecule has 2 aromatic rings. The highest BCUT2D eigenvalue weighted by Crippen LogP contribution is 2.29. The molecule has 0 fully saturated rings. The number of rotatable bonds is 7. The highest BCUT2D eigenvalue weighted by Gasteiger charge is 2.08. The number of anilines is 1. The van der Waals surface area contributed by atoms with Gasteiger partial charge in [-0.05, 0) is 23.8 Å². The van der Waals surface area contributed by atoms with E-state index in [1.54, 1.807) is 43.5 Å². The van der Waals surface area contributed by atoms with Crippen molar-refractivity contribution in [2.24, 2.45) is 0 Å². The summed E-state index contributed by atoms with van der Waals surface area (Å²) in [7, 11) is 3.09. The number of hydrogen-bond acceptors (Lipinski definition) is 4. The third-order valence-corrected chi connectivity index (χ3v) is 4.10. The highest BCUT2D eigenvalue weighted by atomic mass is 32.2. The van der Waals surface area contributed by atoms with E-state index >= 15 is 0 Å². The van der Waals surface area contributed by atoms with E-state index in [2.05, 4.69) is 5.32 Å². The molecule has 0 radical (unpaired) electrons. The molecule has 0 atom stereocenters. The zero-order valence-corrected chi connectivity index (χ0v) is 13.8. The minimum atomic E-state index is -0.250. The summed E-state index contributed by atoms with van der Waals surface area (Å²) in [5.74, 6) is 1.43. The van der Waals surface area contributed by atoms with Gasteiger partial charge in [0.25, 0.3) is 0 Å². The fourth-order valence-corrected chi connectivity index (χ4v) is 2.79. The van der Waals surface area contributed by atoms with Gasteiger partial charge in [-0.15, -0.1) is 11.8 Å². The summed E-state index contributed by atoms with van der Waals surface area (Å²) in [6, 6.07) is 11.7. The number of halogens is 1. The van der Waals surface area contributed by atoms with Crippen molar-refractivity contribution in [3.05, 3.63) is 53.8 Å². The predicted molar refractivity (Wildman–Crippen MR) is 90.7 cm³/mol. The van der Waals surface area contributed by atoms with Crippen LogP contribution in [0.15, 0.2) is 42.5 Å². The maximum Gasteiger partial charge on any atom is 0.234 e. The molecule has 0 bridgehead atoms. The Hall–Kier alpha value is -2.21. The first-order valence-electron chi connectivity index (χ1n) is 6.97. The van der Waals surface area contributed by atoms with Crippen molar-refractivity contribution in [3.63, 3.8) is 0 Å². The predicted octanol–water partition coefficient (Wildman–Crippen LogP) is 3.71. The number of nitrogens with one attached hydrogen (secondary N) is 1. The first kappa shape index (κ1) is 17.1. The molecule has 0 spiro atoms. The Morgan fingerprint density at radius 1 is 1.13 bits per heavy atom. The summed E-state index contributed by atoms with van der Waals surface area (Å²) in [5.41, 5.74) is 1.22. The van der Waals surface area contributed by atoms with Crippen LogP contribution in [0.4, 0.5) is 10.1 Å². The minimum Gasteiger partial charge on any atom is -0.493 e. The lowest BCUT2D eigenvalue weighted by Crippen LogP contribution is -2.14. The van der Waals surface area contributed by atoms with Crippen molar-refractivity contribution in [1.82, 2.24) is 0 Å². The van der Waals surface area contributed by atoms with E-state index in [9.17, 15) is 9.18 Å². The van der Waals surface area contributed by atoms with Gasteiger partial charge >= 0.3 is 0 Å². The van der Waals surface area contributed by atoms with Gasteiger partial charge in [0.05, 0.1) is 20.0 Å². The Labute approximate surface area is 139 Å². The Bertz CT molecular complexity index is 679. The van der Waals surface area contributed by atoms with Crippen LogP contribution in [0.5, 0.6) is 11.5 Å². The van der Waals surface area contributed by atoms with Gasteiger partial charge in [0.1, 0.15) is 5.82 Å². The molecule has 1 amide bonds. The maximum absolute atomic E-state index is 13.5. The molecule has 6 heteroatoms. The number of hydrogen-bond donors (Lipinski definition) is 1. The molecular formula is C17H18FNO3S. The van der Waals surface area contributed by atoms with Gasteiger partial charge in [-0.2, -0.15) is 0 Å². The van der Waals surface area contributed by atoms with Crippen molar-refractivity contribution in [2.45, 2.75) is 5.75 Å². The van der Waals surface area contributed by atoms with Crippen LogP contribution in [0.2, 0.25) is 0 Å². The summed E-state index contributed by atoms with van der Waals surface area (Å²) >= 11 is 1.36. The number of ether oxygens (including phenoxy) is 2. The first-order valence-corrected chi connectivity index (χ1v) is 8.12. The Morgan fingerprint density at radius 2 is 1.87 bits per heavy atom. The van der Waals surface area contributed by atoms with Crippen LogP contribution in [0.25, 0.3) is 0 Å². The molecule has 0 heterocycles. The summed E-state index contributed by atoms with van der Waals surface area (Å²) < 4.78 is 23.8. The number of thioether (sulfide) groups is 1. The second-order valence-corrected chi connectivity index (χ2v) is 5.69. The van der Waals surface area contributed by atoms with Gasteiger partial charge in [-0.25, -0.2) is 4.39 Å². The van der Waals surface area contributed by atoms with Gasteiger partial charge in [0.2, 0.25) is 5.91 Å². The van der Waals surface area contributed by atoms with Crippen LogP contribution in [0.3, 0.4) is 0 Å². The molecule has 2 rings (SSSR count). The third-order valence-electron chi connectivity index (χ3n) is 3.12. The fraction of sp³-hybridized carbons (Fsp3) is 0.235. The fourth-order valence-electron chi connectivity index (χ4n) is 1.98. The van der Waals surface area contributed by atoms with Crippen LogP contribution in [0, 0.1) is 5.82 Å². The second-order valence-electron chi connectivity index (χ2n) is 4.70. The van der Waals surface area contributed by atoms with Crippen LogP contribution in [-0.2, 0) is 10.5 Å². The van der Waals surface area contributed by atoms with E-state index in [1.165, 1.54) is 24.9 Å². The molecule has 23 heavy (non-hydrogen) atoms. The second kappa shape index (κ2) is 8.43. The first-order chi connectivity index (χ1) is 11.1. The SMILES string of the molecule is COc1ccc(NC(=O)CSCc2ccccc2F)cc1OC. The molecule has 4 nitrogen and oxygen atoms in total. The molecule has 0 saturated carbocycles. The average Bonchev–Trinajstić information content (AvgIpc) is 2.56. The normalized spacial score (nSPS) is 10.2. The molecule has 0 aliphatic carbocycles. The maximum atomic E-state index is 13.5. The molecule has 1 N–H and O–H groups in total. The summed E-state index contributed by atoms with van der Waals surface area (Å²) in [6.45, 7) is 0. The van der Waals surface area contributed by atoms with Gasteiger partial charge in [-0.3, -0.25) is 4.79 Å². The van der Waals surface area contributed by atoms with Crippen LogP contribution in [-0.4, -0.2) is 25.9 Å². The molecule has 0 aliphatic rings. The smallest absolute Gasteiger partial charge is 0.234 e. The van der Waals surface area contributed by atoms with E-state index in [4.69, 9.17) is 9.47 Å². The standard InChI is InChI=1S/C17H18FNO3S/c1-21-15-8-7-13(9-16(15)22-2)19-17(20)11-23-10-12-5-3-4-6-14(12)18/h3-9H,10-11H2,1-2H3,(H,19,20). The van der Waals surface area contributed by atoms with Crippen molar-refractivity contribution >= 4 is 23.4 Å². The van der Waals surface area contributed by atoms with Crippen LogP contribution < -0.4 is 14.8 Å². The zero-order chi connectivity index (χ0) is 16.7. The number of benzene rings is 2. The topological polar surface area (TPSA) is 47.6 Å². The largest absolute Gasteiger partial charge is 0.493 e. The lowest BCUT2D eigenvalue weighted by molar-refractivity contribution is -0.113. The zero-order valence-electron chi connectivity index (χ0n) is 13.0. The van der Waals surface area contributed by atoms with Gasteiger partial charge in [0.15, 0.2) is 11.5 Å². The molecular weight excluding hydrogens is 317 g/mol. The molecule has 122 valence electrons. The molecule has 0 aromatic heterocycles. The van der Waals surface area contributed by atoms with Crippen molar-refractivity contribution < 1.29 is 18.7 Å². The summed E-state index contributed by atoms with van der Waals surface area (Å²) in [4.78, 5) is 11.9. The number of amides is 1. The molecule has 0 saturated heterocycles. The van der Waals surface area contributed by atoms with Crippen LogP contribution in [0.1, 0.15) is 5.56 Å². The van der Waals surface area contributed by atoms with E-state index < -0.39 is 0 Å². The quantitative estimate of drug-likeness (QED) is 0.838. The van der Waals surface area contributed by atoms with E-state index in [0.717, 1.165) is 0 Å². The number of carbonyl (C=O) groups is 1. The van der Waals surface area contributed by atoms with Gasteiger partial charge in [-0.1, -0.05) is 18.2 Å². The van der Waals surface area contributed by atoms with Gasteiger partial charge < -0.3 is 14.8 Å². The van der Waals surface area contributed by atoms with Crippen molar-refractivity contribution in [3.8, 4) is 11.5 Å². The Kier molecular flexibility index (Phi) is 6.29. The molecule has 0 unspecified atom stereocenters. The average molecular weight is 335 g/mol. The van der Waals surface area contributed by atoms with E-state index in [1.807, 2.05) is 0 Å². The van der Waals surface area contributed by atoms with Crippen molar-refractivity contribution in [1.29, 1.82) is 0 Å². The lowest BCUT2D eigenvalue weighted by Gasteiger charge is -2.10. The van der Waals surface area contributed by atoms with E-state index in [0.29, 0.717) is 28.5 Å².